The number of carbonyl (C=O) groups is 1. The molecule has 94 valence electrons. The van der Waals surface area contributed by atoms with Gasteiger partial charge in [0, 0.05) is 4.88 Å². The summed E-state index contributed by atoms with van der Waals surface area (Å²) in [7, 11) is 0. The average Bonchev–Trinajstić information content (AvgIpc) is 2.90. The molecule has 3 nitrogen and oxygen atoms in total. The number of benzene rings is 1. The molecule has 0 aliphatic carbocycles. The molecule has 4 heteroatoms. The highest BCUT2D eigenvalue weighted by Gasteiger charge is 2.19. The van der Waals surface area contributed by atoms with E-state index in [1.165, 1.54) is 4.88 Å². The lowest BCUT2D eigenvalue weighted by molar-refractivity contribution is -0.119. The zero-order valence-corrected chi connectivity index (χ0v) is 11.0. The van der Waals surface area contributed by atoms with Crippen LogP contribution < -0.4 is 11.1 Å². The molecule has 0 spiro atoms. The smallest absolute Gasteiger partial charge is 0.234 e. The van der Waals surface area contributed by atoms with Crippen LogP contribution in [0.1, 0.15) is 23.4 Å². The monoisotopic (exact) mass is 260 g/mol. The van der Waals surface area contributed by atoms with Gasteiger partial charge in [-0.3, -0.25) is 10.1 Å². The number of carbonyl (C=O) groups excluding carboxylic acids is 1. The summed E-state index contributed by atoms with van der Waals surface area (Å²) in [5, 5.41) is 5.30. The number of primary amides is 1. The van der Waals surface area contributed by atoms with Crippen LogP contribution in [0.2, 0.25) is 0 Å². The first-order valence-electron chi connectivity index (χ1n) is 5.82. The molecule has 0 saturated carbocycles. The fourth-order valence-corrected chi connectivity index (χ4v) is 2.59. The van der Waals surface area contributed by atoms with Crippen molar-refractivity contribution in [3.63, 3.8) is 0 Å². The molecular formula is C14H16N2OS. The van der Waals surface area contributed by atoms with Crippen molar-refractivity contribution in [1.29, 1.82) is 0 Å². The Morgan fingerprint density at radius 1 is 1.22 bits per heavy atom. The number of hydrogen-bond donors (Lipinski definition) is 2. The summed E-state index contributed by atoms with van der Waals surface area (Å²) < 4.78 is 0. The van der Waals surface area contributed by atoms with Crippen molar-refractivity contribution in [3.8, 4) is 0 Å². The lowest BCUT2D eigenvalue weighted by atomic mass is 10.0. The van der Waals surface area contributed by atoms with E-state index in [-0.39, 0.29) is 18.0 Å². The molecule has 18 heavy (non-hydrogen) atoms. The molecule has 0 saturated heterocycles. The van der Waals surface area contributed by atoms with E-state index in [2.05, 4.69) is 11.4 Å². The van der Waals surface area contributed by atoms with Gasteiger partial charge >= 0.3 is 0 Å². The molecule has 0 aliphatic rings. The van der Waals surface area contributed by atoms with Crippen LogP contribution >= 0.6 is 11.3 Å². The maximum atomic E-state index is 11.2. The molecular weight excluding hydrogens is 244 g/mol. The highest BCUT2D eigenvalue weighted by atomic mass is 32.1. The highest BCUT2D eigenvalue weighted by Crippen LogP contribution is 2.26. The number of hydrogen-bond acceptors (Lipinski definition) is 3. The first kappa shape index (κ1) is 12.8. The van der Waals surface area contributed by atoms with Crippen LogP contribution in [0.15, 0.2) is 47.8 Å². The van der Waals surface area contributed by atoms with Gasteiger partial charge in [-0.05, 0) is 23.9 Å². The Labute approximate surface area is 111 Å². The summed E-state index contributed by atoms with van der Waals surface area (Å²) in [4.78, 5) is 12.4. The predicted octanol–water partition coefficient (Wildman–Crippen LogP) is 2.30. The Morgan fingerprint density at radius 3 is 2.50 bits per heavy atom. The van der Waals surface area contributed by atoms with Crippen LogP contribution in [0.3, 0.4) is 0 Å². The Hall–Kier alpha value is -1.65. The zero-order chi connectivity index (χ0) is 13.0. The van der Waals surface area contributed by atoms with E-state index in [9.17, 15) is 4.79 Å². The summed E-state index contributed by atoms with van der Waals surface area (Å²) in [5.74, 6) is -0.340. The Balaban J connectivity index is 2.27. The van der Waals surface area contributed by atoms with E-state index in [4.69, 9.17) is 5.73 Å². The summed E-state index contributed by atoms with van der Waals surface area (Å²) in [6.07, 6.45) is 0. The van der Waals surface area contributed by atoms with Gasteiger partial charge < -0.3 is 5.73 Å². The van der Waals surface area contributed by atoms with Crippen LogP contribution in [0.4, 0.5) is 0 Å². The predicted molar refractivity (Wildman–Crippen MR) is 74.4 cm³/mol. The van der Waals surface area contributed by atoms with Gasteiger partial charge in [-0.25, -0.2) is 0 Å². The summed E-state index contributed by atoms with van der Waals surface area (Å²) in [6.45, 7) is 1.78. The summed E-state index contributed by atoms with van der Waals surface area (Å²) in [6, 6.07) is 13.8. The van der Waals surface area contributed by atoms with Crippen LogP contribution in [-0.4, -0.2) is 11.9 Å². The van der Waals surface area contributed by atoms with Gasteiger partial charge in [-0.15, -0.1) is 11.3 Å². The number of amides is 1. The zero-order valence-electron chi connectivity index (χ0n) is 10.2. The maximum absolute atomic E-state index is 11.2. The largest absolute Gasteiger partial charge is 0.368 e. The SMILES string of the molecule is C[C@@H](N[C@@H](c1ccccc1)c1cccs1)C(N)=O. The van der Waals surface area contributed by atoms with Crippen LogP contribution in [0.25, 0.3) is 0 Å². The third kappa shape index (κ3) is 2.97. The molecule has 2 atom stereocenters. The first-order valence-corrected chi connectivity index (χ1v) is 6.70. The molecule has 0 aliphatic heterocycles. The molecule has 0 unspecified atom stereocenters. The van der Waals surface area contributed by atoms with Crippen LogP contribution in [0, 0.1) is 0 Å². The Kier molecular flexibility index (Phi) is 4.12. The quantitative estimate of drug-likeness (QED) is 0.866. The van der Waals surface area contributed by atoms with E-state index in [0.29, 0.717) is 0 Å². The number of nitrogens with one attached hydrogen (secondary N) is 1. The second-order valence-electron chi connectivity index (χ2n) is 4.15. The highest BCUT2D eigenvalue weighted by molar-refractivity contribution is 7.10. The minimum atomic E-state index is -0.364. The Morgan fingerprint density at radius 2 is 1.94 bits per heavy atom. The number of rotatable bonds is 5. The maximum Gasteiger partial charge on any atom is 0.234 e. The normalized spacial score (nSPS) is 14.1. The first-order chi connectivity index (χ1) is 8.68. The molecule has 3 N–H and O–H groups in total. The molecule has 0 radical (unpaired) electrons. The minimum Gasteiger partial charge on any atom is -0.368 e. The summed E-state index contributed by atoms with van der Waals surface area (Å²) >= 11 is 1.66. The summed E-state index contributed by atoms with van der Waals surface area (Å²) in [5.41, 5.74) is 6.45. The van der Waals surface area contributed by atoms with Crippen molar-refractivity contribution in [3.05, 3.63) is 58.3 Å². The van der Waals surface area contributed by atoms with Gasteiger partial charge in [0.15, 0.2) is 0 Å². The number of nitrogens with two attached hydrogens (primary N) is 1. The van der Waals surface area contributed by atoms with E-state index in [1.807, 2.05) is 41.8 Å². The molecule has 0 bridgehead atoms. The van der Waals surface area contributed by atoms with E-state index < -0.39 is 0 Å². The van der Waals surface area contributed by atoms with Gasteiger partial charge in [-0.1, -0.05) is 36.4 Å². The molecule has 1 aromatic carbocycles. The van der Waals surface area contributed by atoms with Crippen molar-refractivity contribution < 1.29 is 4.79 Å². The van der Waals surface area contributed by atoms with Crippen molar-refractivity contribution in [2.45, 2.75) is 19.0 Å². The van der Waals surface area contributed by atoms with E-state index in [1.54, 1.807) is 18.3 Å². The van der Waals surface area contributed by atoms with Gasteiger partial charge in [0.25, 0.3) is 0 Å². The second kappa shape index (κ2) is 5.80. The van der Waals surface area contributed by atoms with Crippen molar-refractivity contribution >= 4 is 17.2 Å². The van der Waals surface area contributed by atoms with Gasteiger partial charge in [0.1, 0.15) is 0 Å². The van der Waals surface area contributed by atoms with Crippen molar-refractivity contribution in [2.24, 2.45) is 5.73 Å². The van der Waals surface area contributed by atoms with Gasteiger partial charge in [-0.2, -0.15) is 0 Å². The van der Waals surface area contributed by atoms with Crippen LogP contribution in [0.5, 0.6) is 0 Å². The fraction of sp³-hybridized carbons (Fsp3) is 0.214. The van der Waals surface area contributed by atoms with Crippen LogP contribution in [-0.2, 0) is 4.79 Å². The topological polar surface area (TPSA) is 55.1 Å². The molecule has 2 aromatic rings. The van der Waals surface area contributed by atoms with Gasteiger partial charge in [0.2, 0.25) is 5.91 Å². The molecule has 1 aromatic heterocycles. The van der Waals surface area contributed by atoms with Crippen molar-refractivity contribution in [1.82, 2.24) is 5.32 Å². The number of thiophene rings is 1. The van der Waals surface area contributed by atoms with Gasteiger partial charge in [0.05, 0.1) is 12.1 Å². The molecule has 2 rings (SSSR count). The fourth-order valence-electron chi connectivity index (χ4n) is 1.78. The third-order valence-electron chi connectivity index (χ3n) is 2.80. The molecule has 0 fully saturated rings. The average molecular weight is 260 g/mol. The molecule has 1 amide bonds. The lowest BCUT2D eigenvalue weighted by Gasteiger charge is -2.21. The molecule has 1 heterocycles. The Bertz CT molecular complexity index is 496. The van der Waals surface area contributed by atoms with E-state index >= 15 is 0 Å². The van der Waals surface area contributed by atoms with E-state index in [0.717, 1.165) is 5.56 Å². The lowest BCUT2D eigenvalue weighted by Crippen LogP contribution is -2.40. The standard InChI is InChI=1S/C14H16N2OS/c1-10(14(15)17)16-13(12-8-5-9-18-12)11-6-3-2-4-7-11/h2-10,13,16H,1H3,(H2,15,17)/t10-,13+/m1/s1. The second-order valence-corrected chi connectivity index (χ2v) is 5.13. The van der Waals surface area contributed by atoms with Crippen molar-refractivity contribution in [2.75, 3.05) is 0 Å². The minimum absolute atomic E-state index is 0.00806. The third-order valence-corrected chi connectivity index (χ3v) is 3.74.